The van der Waals surface area contributed by atoms with Gasteiger partial charge in [-0.1, -0.05) is 32.9 Å². The maximum absolute atomic E-state index is 5.55. The molecule has 140 valence electrons. The van der Waals surface area contributed by atoms with Crippen molar-refractivity contribution in [2.45, 2.75) is 40.2 Å². The molecule has 0 radical (unpaired) electrons. The zero-order valence-electron chi connectivity index (χ0n) is 15.5. The number of hydrogen-bond acceptors (Lipinski definition) is 9. The first-order valence-corrected chi connectivity index (χ1v) is 9.53. The molecule has 0 amide bonds. The smallest absolute Gasteiger partial charge is 0.250 e. The van der Waals surface area contributed by atoms with E-state index in [1.807, 2.05) is 18.4 Å². The minimum Gasteiger partial charge on any atom is -0.357 e. The van der Waals surface area contributed by atoms with Gasteiger partial charge < -0.3 is 9.84 Å². The average Bonchev–Trinajstić information content (AvgIpc) is 3.38. The summed E-state index contributed by atoms with van der Waals surface area (Å²) in [6, 6.07) is 1.78. The maximum Gasteiger partial charge on any atom is 0.250 e. The molecule has 9 nitrogen and oxygen atoms in total. The Balaban J connectivity index is 1.73. The molecule has 0 spiro atoms. The lowest BCUT2D eigenvalue weighted by Gasteiger charge is -2.29. The van der Waals surface area contributed by atoms with Crippen LogP contribution in [0.4, 0.5) is 5.82 Å². The number of nitrogens with zero attached hydrogens (tertiary/aromatic N) is 6. The summed E-state index contributed by atoms with van der Waals surface area (Å²) >= 11 is 1.60. The summed E-state index contributed by atoms with van der Waals surface area (Å²) in [5.41, 5.74) is -0.203. The first-order valence-electron chi connectivity index (χ1n) is 8.65. The van der Waals surface area contributed by atoms with Gasteiger partial charge in [0.15, 0.2) is 5.82 Å². The second-order valence-electron chi connectivity index (χ2n) is 7.22. The predicted octanol–water partition coefficient (Wildman–Crippen LogP) is 3.62. The van der Waals surface area contributed by atoms with Gasteiger partial charge >= 0.3 is 0 Å². The molecule has 10 heteroatoms. The third-order valence-corrected chi connectivity index (χ3v) is 4.96. The molecular weight excluding hydrogens is 364 g/mol. The van der Waals surface area contributed by atoms with Crippen LogP contribution in [-0.4, -0.2) is 35.3 Å². The number of anilines is 1. The van der Waals surface area contributed by atoms with E-state index in [-0.39, 0.29) is 11.5 Å². The van der Waals surface area contributed by atoms with Gasteiger partial charge in [-0.2, -0.15) is 10.1 Å². The minimum absolute atomic E-state index is 0.203. The number of aryl methyl sites for hydroxylation is 1. The first kappa shape index (κ1) is 17.5. The highest BCUT2D eigenvalue weighted by Crippen LogP contribution is 2.37. The molecule has 0 fully saturated rings. The van der Waals surface area contributed by atoms with E-state index in [2.05, 4.69) is 56.4 Å². The number of fused-ring (bicyclic) bond motifs is 1. The molecule has 0 aromatic carbocycles. The van der Waals surface area contributed by atoms with Crippen molar-refractivity contribution in [1.82, 2.24) is 35.3 Å². The zero-order valence-corrected chi connectivity index (χ0v) is 16.3. The Morgan fingerprint density at radius 2 is 2.11 bits per heavy atom. The molecule has 4 aromatic rings. The Morgan fingerprint density at radius 1 is 1.26 bits per heavy atom. The SMILES string of the molecule is CCc1nc(NC(c2nc(-c3ncn[nH]3)no2)C(C)(C)C)c2ccsc2n1. The van der Waals surface area contributed by atoms with Crippen LogP contribution in [0.15, 0.2) is 22.3 Å². The normalized spacial score (nSPS) is 13.2. The maximum atomic E-state index is 5.55. The highest BCUT2D eigenvalue weighted by atomic mass is 32.1. The lowest BCUT2D eigenvalue weighted by molar-refractivity contribution is 0.268. The van der Waals surface area contributed by atoms with Crippen molar-refractivity contribution in [2.24, 2.45) is 5.41 Å². The molecule has 0 saturated heterocycles. The molecule has 0 saturated carbocycles. The third-order valence-electron chi connectivity index (χ3n) is 4.15. The number of aromatic nitrogens is 7. The molecule has 1 unspecified atom stereocenters. The fourth-order valence-electron chi connectivity index (χ4n) is 2.71. The van der Waals surface area contributed by atoms with Crippen LogP contribution < -0.4 is 5.32 Å². The molecule has 0 bridgehead atoms. The van der Waals surface area contributed by atoms with Gasteiger partial charge in [-0.05, 0) is 16.9 Å². The quantitative estimate of drug-likeness (QED) is 0.535. The molecule has 4 heterocycles. The zero-order chi connectivity index (χ0) is 19.0. The van der Waals surface area contributed by atoms with E-state index in [4.69, 9.17) is 9.51 Å². The van der Waals surface area contributed by atoms with Crippen LogP contribution in [0.25, 0.3) is 21.9 Å². The summed E-state index contributed by atoms with van der Waals surface area (Å²) in [4.78, 5) is 18.8. The molecule has 4 aromatic heterocycles. The van der Waals surface area contributed by atoms with Crippen LogP contribution in [-0.2, 0) is 6.42 Å². The van der Waals surface area contributed by atoms with Gasteiger partial charge in [-0.25, -0.2) is 15.0 Å². The van der Waals surface area contributed by atoms with Gasteiger partial charge in [0.1, 0.15) is 28.8 Å². The summed E-state index contributed by atoms with van der Waals surface area (Å²) < 4.78 is 5.55. The number of aromatic amines is 1. The topological polar surface area (TPSA) is 118 Å². The summed E-state index contributed by atoms with van der Waals surface area (Å²) in [6.07, 6.45) is 2.17. The molecule has 0 aliphatic rings. The fourth-order valence-corrected chi connectivity index (χ4v) is 3.50. The number of H-pyrrole nitrogens is 1. The van der Waals surface area contributed by atoms with Crippen molar-refractivity contribution in [3.05, 3.63) is 29.5 Å². The summed E-state index contributed by atoms with van der Waals surface area (Å²) in [7, 11) is 0. The predicted molar refractivity (Wildman–Crippen MR) is 102 cm³/mol. The van der Waals surface area contributed by atoms with Crippen LogP contribution in [0.5, 0.6) is 0 Å². The Morgan fingerprint density at radius 3 is 2.81 bits per heavy atom. The van der Waals surface area contributed by atoms with Crippen molar-refractivity contribution >= 4 is 27.4 Å². The lowest BCUT2D eigenvalue weighted by atomic mass is 9.86. The molecule has 4 rings (SSSR count). The number of thiophene rings is 1. The van der Waals surface area contributed by atoms with E-state index < -0.39 is 0 Å². The van der Waals surface area contributed by atoms with Crippen LogP contribution in [0.2, 0.25) is 0 Å². The molecule has 0 aliphatic carbocycles. The monoisotopic (exact) mass is 384 g/mol. The van der Waals surface area contributed by atoms with Crippen LogP contribution in [0, 0.1) is 5.41 Å². The number of rotatable bonds is 5. The fraction of sp³-hybridized carbons (Fsp3) is 0.412. The highest BCUT2D eigenvalue weighted by molar-refractivity contribution is 7.16. The Hall–Kier alpha value is -2.88. The minimum atomic E-state index is -0.246. The van der Waals surface area contributed by atoms with Crippen LogP contribution >= 0.6 is 11.3 Å². The summed E-state index contributed by atoms with van der Waals surface area (Å²) in [6.45, 7) is 8.36. The second kappa shape index (κ2) is 6.69. The first-order chi connectivity index (χ1) is 13.0. The largest absolute Gasteiger partial charge is 0.357 e. The van der Waals surface area contributed by atoms with Crippen LogP contribution in [0.3, 0.4) is 0 Å². The molecule has 0 aliphatic heterocycles. The Kier molecular flexibility index (Phi) is 4.34. The standard InChI is InChI=1S/C17H20N8OS/c1-5-10-20-12(9-6-7-27-16(9)21-10)22-11(17(2,3)4)15-23-14(25-26-15)13-18-8-19-24-13/h6-8,11H,5H2,1-4H3,(H,18,19,24)(H,20,21,22). The van der Waals surface area contributed by atoms with E-state index in [1.165, 1.54) is 6.33 Å². The van der Waals surface area contributed by atoms with E-state index in [0.29, 0.717) is 17.5 Å². The lowest BCUT2D eigenvalue weighted by Crippen LogP contribution is -2.27. The summed E-state index contributed by atoms with van der Waals surface area (Å²) in [5, 5.41) is 17.1. The average molecular weight is 384 g/mol. The van der Waals surface area contributed by atoms with Gasteiger partial charge in [0, 0.05) is 6.42 Å². The van der Waals surface area contributed by atoms with Crippen molar-refractivity contribution in [3.63, 3.8) is 0 Å². The van der Waals surface area contributed by atoms with Crippen molar-refractivity contribution < 1.29 is 4.52 Å². The van der Waals surface area contributed by atoms with E-state index in [0.717, 1.165) is 28.3 Å². The molecule has 27 heavy (non-hydrogen) atoms. The van der Waals surface area contributed by atoms with E-state index in [9.17, 15) is 0 Å². The van der Waals surface area contributed by atoms with Gasteiger partial charge in [0.25, 0.3) is 0 Å². The number of hydrogen-bond donors (Lipinski definition) is 2. The van der Waals surface area contributed by atoms with Crippen molar-refractivity contribution in [2.75, 3.05) is 5.32 Å². The van der Waals surface area contributed by atoms with E-state index in [1.54, 1.807) is 11.3 Å². The Bertz CT molecular complexity index is 1050. The second-order valence-corrected chi connectivity index (χ2v) is 8.11. The van der Waals surface area contributed by atoms with Crippen LogP contribution in [0.1, 0.15) is 45.5 Å². The van der Waals surface area contributed by atoms with E-state index >= 15 is 0 Å². The highest BCUT2D eigenvalue weighted by Gasteiger charge is 2.33. The van der Waals surface area contributed by atoms with Gasteiger partial charge in [-0.15, -0.1) is 11.3 Å². The summed E-state index contributed by atoms with van der Waals surface area (Å²) in [5.74, 6) is 2.88. The van der Waals surface area contributed by atoms with Gasteiger partial charge in [-0.3, -0.25) is 5.10 Å². The molecular formula is C17H20N8OS. The third kappa shape index (κ3) is 3.39. The van der Waals surface area contributed by atoms with Gasteiger partial charge in [0.2, 0.25) is 11.7 Å². The van der Waals surface area contributed by atoms with Crippen molar-refractivity contribution in [1.29, 1.82) is 0 Å². The molecule has 1 atom stereocenters. The van der Waals surface area contributed by atoms with Gasteiger partial charge in [0.05, 0.1) is 5.39 Å². The van der Waals surface area contributed by atoms with Crippen molar-refractivity contribution in [3.8, 4) is 11.6 Å². The molecule has 2 N–H and O–H groups in total. The number of nitrogens with one attached hydrogen (secondary N) is 2. The Labute approximate surface area is 159 Å².